The molecule has 1 N–H and O–H groups in total. The molecule has 2 nitrogen and oxygen atoms in total. The van der Waals surface area contributed by atoms with Crippen LogP contribution in [0.3, 0.4) is 0 Å². The summed E-state index contributed by atoms with van der Waals surface area (Å²) in [4.78, 5) is 1.15. The minimum atomic E-state index is -0.245. The predicted molar refractivity (Wildman–Crippen MR) is 57.9 cm³/mol. The van der Waals surface area contributed by atoms with Gasteiger partial charge in [0, 0.05) is 4.88 Å². The van der Waals surface area contributed by atoms with Crippen molar-refractivity contribution in [2.24, 2.45) is 0 Å². The number of ether oxygens (including phenoxy) is 1. The van der Waals surface area contributed by atoms with Crippen LogP contribution < -0.4 is 0 Å². The molecule has 0 aliphatic carbocycles. The Morgan fingerprint density at radius 1 is 1.71 bits per heavy atom. The lowest BCUT2D eigenvalue weighted by Crippen LogP contribution is -2.22. The van der Waals surface area contributed by atoms with Crippen LogP contribution in [0.15, 0.2) is 12.1 Å². The zero-order chi connectivity index (χ0) is 10.2. The highest BCUT2D eigenvalue weighted by molar-refractivity contribution is 7.16. The summed E-state index contributed by atoms with van der Waals surface area (Å²) in [7, 11) is 0. The average Bonchev–Trinajstić information content (AvgIpc) is 2.73. The van der Waals surface area contributed by atoms with Gasteiger partial charge in [0.1, 0.15) is 5.60 Å². The Labute approximate surface area is 92.5 Å². The Morgan fingerprint density at radius 3 is 3.00 bits per heavy atom. The summed E-state index contributed by atoms with van der Waals surface area (Å²) in [6.07, 6.45) is 1.86. The van der Waals surface area contributed by atoms with Crippen molar-refractivity contribution in [3.8, 4) is 0 Å². The van der Waals surface area contributed by atoms with E-state index in [1.807, 2.05) is 12.1 Å². The molecule has 14 heavy (non-hydrogen) atoms. The minimum absolute atomic E-state index is 0.0131. The van der Waals surface area contributed by atoms with Gasteiger partial charge in [-0.05, 0) is 31.9 Å². The largest absolute Gasteiger partial charge is 0.394 e. The molecule has 0 spiro atoms. The molecule has 1 aromatic heterocycles. The van der Waals surface area contributed by atoms with Crippen LogP contribution in [-0.2, 0) is 10.3 Å². The molecule has 0 bridgehead atoms. The Balaban J connectivity index is 2.18. The normalized spacial score (nSPS) is 32.4. The maximum absolute atomic E-state index is 9.00. The van der Waals surface area contributed by atoms with Crippen LogP contribution in [0.5, 0.6) is 0 Å². The topological polar surface area (TPSA) is 29.5 Å². The molecular weight excluding hydrogens is 220 g/mol. The standard InChI is InChI=1S/C10H13ClO2S/c1-10(5-4-7(6-12)13-10)8-2-3-9(11)14-8/h2-3,7,12H,4-6H2,1H3. The molecule has 2 rings (SSSR count). The monoisotopic (exact) mass is 232 g/mol. The molecule has 2 heterocycles. The predicted octanol–water partition coefficient (Wildman–Crippen LogP) is 2.79. The second-order valence-corrected chi connectivity index (χ2v) is 5.51. The van der Waals surface area contributed by atoms with Crippen molar-refractivity contribution in [3.05, 3.63) is 21.3 Å². The van der Waals surface area contributed by atoms with E-state index in [9.17, 15) is 0 Å². The van der Waals surface area contributed by atoms with Gasteiger partial charge in [0.05, 0.1) is 17.0 Å². The quantitative estimate of drug-likeness (QED) is 0.850. The third-order valence-electron chi connectivity index (χ3n) is 2.67. The molecule has 0 radical (unpaired) electrons. The molecule has 4 heteroatoms. The van der Waals surface area contributed by atoms with E-state index in [0.717, 1.165) is 22.1 Å². The fourth-order valence-electron chi connectivity index (χ4n) is 1.83. The molecule has 0 aromatic carbocycles. The van der Waals surface area contributed by atoms with Crippen molar-refractivity contribution in [1.29, 1.82) is 0 Å². The van der Waals surface area contributed by atoms with Crippen LogP contribution in [0, 0.1) is 0 Å². The Kier molecular flexibility index (Phi) is 2.84. The van der Waals surface area contributed by atoms with E-state index in [0.29, 0.717) is 0 Å². The Morgan fingerprint density at radius 2 is 2.50 bits per heavy atom. The van der Waals surface area contributed by atoms with Crippen molar-refractivity contribution >= 4 is 22.9 Å². The molecule has 1 saturated heterocycles. The number of aliphatic hydroxyl groups is 1. The van der Waals surface area contributed by atoms with Crippen molar-refractivity contribution < 1.29 is 9.84 Å². The Hall–Kier alpha value is -0.0900. The summed E-state index contributed by atoms with van der Waals surface area (Å²) >= 11 is 7.44. The van der Waals surface area contributed by atoms with E-state index in [4.69, 9.17) is 21.4 Å². The van der Waals surface area contributed by atoms with Crippen LogP contribution in [0.4, 0.5) is 0 Å². The number of hydrogen-bond donors (Lipinski definition) is 1. The first-order valence-corrected chi connectivity index (χ1v) is 5.88. The van der Waals surface area contributed by atoms with Crippen molar-refractivity contribution in [2.75, 3.05) is 6.61 Å². The second-order valence-electron chi connectivity index (χ2n) is 3.80. The maximum Gasteiger partial charge on any atom is 0.100 e. The van der Waals surface area contributed by atoms with Gasteiger partial charge in [-0.2, -0.15) is 0 Å². The first kappa shape index (κ1) is 10.4. The lowest BCUT2D eigenvalue weighted by Gasteiger charge is -2.22. The van der Waals surface area contributed by atoms with Crippen LogP contribution in [0.25, 0.3) is 0 Å². The van der Waals surface area contributed by atoms with Gasteiger partial charge in [-0.3, -0.25) is 0 Å². The third-order valence-corrected chi connectivity index (χ3v) is 4.14. The minimum Gasteiger partial charge on any atom is -0.394 e. The Bertz CT molecular complexity index is 326. The fourth-order valence-corrected chi connectivity index (χ4v) is 2.99. The molecular formula is C10H13ClO2S. The van der Waals surface area contributed by atoms with Gasteiger partial charge >= 0.3 is 0 Å². The van der Waals surface area contributed by atoms with Crippen LogP contribution in [-0.4, -0.2) is 17.8 Å². The highest BCUT2D eigenvalue weighted by Crippen LogP contribution is 2.42. The lowest BCUT2D eigenvalue weighted by molar-refractivity contribution is -0.0498. The smallest absolute Gasteiger partial charge is 0.100 e. The van der Waals surface area contributed by atoms with Gasteiger partial charge in [-0.1, -0.05) is 11.6 Å². The summed E-state index contributed by atoms with van der Waals surface area (Å²) in [6.45, 7) is 2.17. The summed E-state index contributed by atoms with van der Waals surface area (Å²) in [5.74, 6) is 0. The summed E-state index contributed by atoms with van der Waals surface area (Å²) in [5, 5.41) is 9.00. The number of rotatable bonds is 2. The van der Waals surface area contributed by atoms with Crippen molar-refractivity contribution in [3.63, 3.8) is 0 Å². The van der Waals surface area contributed by atoms with Gasteiger partial charge in [0.15, 0.2) is 0 Å². The molecule has 1 aliphatic heterocycles. The van der Waals surface area contributed by atoms with E-state index in [1.54, 1.807) is 11.3 Å². The average molecular weight is 233 g/mol. The van der Waals surface area contributed by atoms with Gasteiger partial charge < -0.3 is 9.84 Å². The SMILES string of the molecule is CC1(c2ccc(Cl)s2)CCC(CO)O1. The first-order valence-electron chi connectivity index (χ1n) is 4.68. The van der Waals surface area contributed by atoms with Gasteiger partial charge in [-0.25, -0.2) is 0 Å². The van der Waals surface area contributed by atoms with E-state index in [-0.39, 0.29) is 18.3 Å². The van der Waals surface area contributed by atoms with E-state index in [2.05, 4.69) is 6.92 Å². The van der Waals surface area contributed by atoms with E-state index < -0.39 is 0 Å². The lowest BCUT2D eigenvalue weighted by atomic mass is 10.0. The molecule has 0 saturated carbocycles. The first-order chi connectivity index (χ1) is 6.64. The highest BCUT2D eigenvalue weighted by Gasteiger charge is 2.38. The molecule has 0 amide bonds. The van der Waals surface area contributed by atoms with E-state index in [1.165, 1.54) is 0 Å². The maximum atomic E-state index is 9.00. The molecule has 78 valence electrons. The highest BCUT2D eigenvalue weighted by atomic mass is 35.5. The third kappa shape index (κ3) is 1.82. The number of halogens is 1. The zero-order valence-electron chi connectivity index (χ0n) is 8.00. The number of hydrogen-bond acceptors (Lipinski definition) is 3. The summed E-state index contributed by atoms with van der Waals surface area (Å²) in [6, 6.07) is 3.90. The van der Waals surface area contributed by atoms with Gasteiger partial charge in [0.25, 0.3) is 0 Å². The van der Waals surface area contributed by atoms with Gasteiger partial charge in [-0.15, -0.1) is 11.3 Å². The van der Waals surface area contributed by atoms with Crippen molar-refractivity contribution in [1.82, 2.24) is 0 Å². The molecule has 1 aromatic rings. The fraction of sp³-hybridized carbons (Fsp3) is 0.600. The molecule has 2 atom stereocenters. The van der Waals surface area contributed by atoms with E-state index >= 15 is 0 Å². The molecule has 1 aliphatic rings. The number of thiophene rings is 1. The summed E-state index contributed by atoms with van der Waals surface area (Å²) in [5.41, 5.74) is -0.245. The second kappa shape index (κ2) is 3.81. The van der Waals surface area contributed by atoms with Crippen LogP contribution in [0.2, 0.25) is 4.34 Å². The summed E-state index contributed by atoms with van der Waals surface area (Å²) < 4.78 is 6.59. The van der Waals surface area contributed by atoms with Crippen LogP contribution in [0.1, 0.15) is 24.6 Å². The molecule has 1 fully saturated rings. The van der Waals surface area contributed by atoms with Crippen molar-refractivity contribution in [2.45, 2.75) is 31.5 Å². The van der Waals surface area contributed by atoms with Crippen LogP contribution >= 0.6 is 22.9 Å². The van der Waals surface area contributed by atoms with Gasteiger partial charge in [0.2, 0.25) is 0 Å². The number of aliphatic hydroxyl groups excluding tert-OH is 1. The molecule has 2 unspecified atom stereocenters. The zero-order valence-corrected chi connectivity index (χ0v) is 9.57.